The van der Waals surface area contributed by atoms with Crippen LogP contribution in [-0.2, 0) is 11.3 Å². The lowest BCUT2D eigenvalue weighted by atomic mass is 10.1. The lowest BCUT2D eigenvalue weighted by Gasteiger charge is -2.37. The Balaban J connectivity index is 1.51. The van der Waals surface area contributed by atoms with Gasteiger partial charge in [0.2, 0.25) is 5.91 Å². The van der Waals surface area contributed by atoms with Gasteiger partial charge in [-0.25, -0.2) is 4.39 Å². The maximum atomic E-state index is 13.9. The molecule has 6 heteroatoms. The monoisotopic (exact) mass is 419 g/mol. The van der Waals surface area contributed by atoms with Gasteiger partial charge in [0, 0.05) is 37.2 Å². The Morgan fingerprint density at radius 1 is 1.15 bits per heavy atom. The molecule has 2 aromatic rings. The molecule has 1 aliphatic rings. The molecule has 1 amide bonds. The van der Waals surface area contributed by atoms with E-state index in [1.807, 2.05) is 13.0 Å². The average Bonchev–Trinajstić information content (AvgIpc) is 2.65. The number of benzene rings is 2. The summed E-state index contributed by atoms with van der Waals surface area (Å²) in [6.07, 6.45) is 0. The van der Waals surface area contributed by atoms with Crippen molar-refractivity contribution in [3.63, 3.8) is 0 Å². The van der Waals surface area contributed by atoms with E-state index < -0.39 is 5.82 Å². The number of nitrogens with one attached hydrogen (secondary N) is 1. The number of carbonyl (C=O) groups is 1. The SMILES string of the molecule is C[C@H](C(=O)Nc1ccc(Br)cc1F)N1CCN(Cc2ccccc2)CC1. The summed E-state index contributed by atoms with van der Waals surface area (Å²) in [6, 6.07) is 14.7. The number of piperazine rings is 1. The van der Waals surface area contributed by atoms with Crippen LogP contribution >= 0.6 is 15.9 Å². The number of hydrogen-bond acceptors (Lipinski definition) is 3. The van der Waals surface area contributed by atoms with Crippen LogP contribution in [0, 0.1) is 5.82 Å². The Labute approximate surface area is 162 Å². The molecular formula is C20H23BrFN3O. The highest BCUT2D eigenvalue weighted by Gasteiger charge is 2.26. The van der Waals surface area contributed by atoms with Gasteiger partial charge in [0.05, 0.1) is 11.7 Å². The highest BCUT2D eigenvalue weighted by molar-refractivity contribution is 9.10. The van der Waals surface area contributed by atoms with Gasteiger partial charge in [-0.05, 0) is 30.7 Å². The third kappa shape index (κ3) is 4.90. The minimum Gasteiger partial charge on any atom is -0.322 e. The maximum Gasteiger partial charge on any atom is 0.241 e. The molecule has 0 bridgehead atoms. The van der Waals surface area contributed by atoms with E-state index in [2.05, 4.69) is 55.3 Å². The fourth-order valence-electron chi connectivity index (χ4n) is 3.14. The van der Waals surface area contributed by atoms with Gasteiger partial charge in [-0.1, -0.05) is 46.3 Å². The maximum absolute atomic E-state index is 13.9. The molecule has 26 heavy (non-hydrogen) atoms. The molecule has 4 nitrogen and oxygen atoms in total. The van der Waals surface area contributed by atoms with E-state index in [0.717, 1.165) is 32.7 Å². The van der Waals surface area contributed by atoms with Gasteiger partial charge in [-0.3, -0.25) is 14.6 Å². The van der Waals surface area contributed by atoms with Crippen molar-refractivity contribution < 1.29 is 9.18 Å². The van der Waals surface area contributed by atoms with Crippen LogP contribution in [0.4, 0.5) is 10.1 Å². The van der Waals surface area contributed by atoms with Crippen LogP contribution in [0.2, 0.25) is 0 Å². The van der Waals surface area contributed by atoms with E-state index in [1.165, 1.54) is 11.6 Å². The first-order chi connectivity index (χ1) is 12.5. The summed E-state index contributed by atoms with van der Waals surface area (Å²) < 4.78 is 14.6. The fraction of sp³-hybridized carbons (Fsp3) is 0.350. The number of hydrogen-bond donors (Lipinski definition) is 1. The van der Waals surface area contributed by atoms with Crippen LogP contribution in [0.1, 0.15) is 12.5 Å². The van der Waals surface area contributed by atoms with Gasteiger partial charge in [0.15, 0.2) is 0 Å². The molecule has 0 radical (unpaired) electrons. The molecule has 0 spiro atoms. The standard InChI is InChI=1S/C20H23BrFN3O/c1-15(20(26)23-19-8-7-17(21)13-18(19)22)25-11-9-24(10-12-25)14-16-5-3-2-4-6-16/h2-8,13,15H,9-12,14H2,1H3,(H,23,26)/t15-/m1/s1. The Hall–Kier alpha value is -1.76. The normalized spacial score (nSPS) is 17.0. The van der Waals surface area contributed by atoms with E-state index in [0.29, 0.717) is 4.47 Å². The van der Waals surface area contributed by atoms with Crippen molar-refractivity contribution >= 4 is 27.5 Å². The molecule has 0 saturated carbocycles. The van der Waals surface area contributed by atoms with Crippen LogP contribution in [0.15, 0.2) is 53.0 Å². The molecule has 0 aliphatic carbocycles. The van der Waals surface area contributed by atoms with E-state index in [4.69, 9.17) is 0 Å². The van der Waals surface area contributed by atoms with Crippen molar-refractivity contribution in [3.05, 3.63) is 64.4 Å². The number of halogens is 2. The summed E-state index contributed by atoms with van der Waals surface area (Å²) >= 11 is 3.22. The van der Waals surface area contributed by atoms with Crippen LogP contribution < -0.4 is 5.32 Å². The Bertz CT molecular complexity index is 748. The number of amides is 1. The molecule has 2 aromatic carbocycles. The molecular weight excluding hydrogens is 397 g/mol. The molecule has 1 fully saturated rings. The molecule has 138 valence electrons. The Kier molecular flexibility index (Phi) is 6.40. The van der Waals surface area contributed by atoms with Crippen LogP contribution in [0.5, 0.6) is 0 Å². The second kappa shape index (κ2) is 8.75. The number of rotatable bonds is 5. The smallest absolute Gasteiger partial charge is 0.241 e. The van der Waals surface area contributed by atoms with Crippen LogP contribution in [0.3, 0.4) is 0 Å². The minimum atomic E-state index is -0.437. The Morgan fingerprint density at radius 3 is 2.50 bits per heavy atom. The molecule has 1 heterocycles. The molecule has 1 atom stereocenters. The van der Waals surface area contributed by atoms with Crippen LogP contribution in [0.25, 0.3) is 0 Å². The topological polar surface area (TPSA) is 35.6 Å². The van der Waals surface area contributed by atoms with E-state index in [-0.39, 0.29) is 17.6 Å². The predicted molar refractivity (Wildman–Crippen MR) is 105 cm³/mol. The lowest BCUT2D eigenvalue weighted by molar-refractivity contribution is -0.121. The molecule has 1 saturated heterocycles. The first-order valence-corrected chi connectivity index (χ1v) is 9.58. The zero-order chi connectivity index (χ0) is 18.5. The predicted octanol–water partition coefficient (Wildman–Crippen LogP) is 3.73. The molecule has 1 N–H and O–H groups in total. The first kappa shape index (κ1) is 19.0. The van der Waals surface area contributed by atoms with Gasteiger partial charge in [0.25, 0.3) is 0 Å². The van der Waals surface area contributed by atoms with E-state index >= 15 is 0 Å². The third-order valence-electron chi connectivity index (χ3n) is 4.77. The molecule has 0 aromatic heterocycles. The van der Waals surface area contributed by atoms with E-state index in [9.17, 15) is 9.18 Å². The minimum absolute atomic E-state index is 0.178. The zero-order valence-electron chi connectivity index (χ0n) is 14.8. The lowest BCUT2D eigenvalue weighted by Crippen LogP contribution is -2.52. The van der Waals surface area contributed by atoms with Crippen molar-refractivity contribution in [1.82, 2.24) is 9.80 Å². The first-order valence-electron chi connectivity index (χ1n) is 8.79. The summed E-state index contributed by atoms with van der Waals surface area (Å²) in [4.78, 5) is 17.0. The quantitative estimate of drug-likeness (QED) is 0.801. The van der Waals surface area contributed by atoms with Gasteiger partial charge in [0.1, 0.15) is 5.82 Å². The zero-order valence-corrected chi connectivity index (χ0v) is 16.4. The van der Waals surface area contributed by atoms with Crippen molar-refractivity contribution in [2.75, 3.05) is 31.5 Å². The highest BCUT2D eigenvalue weighted by atomic mass is 79.9. The average molecular weight is 420 g/mol. The number of anilines is 1. The van der Waals surface area contributed by atoms with Crippen LogP contribution in [-0.4, -0.2) is 47.9 Å². The van der Waals surface area contributed by atoms with E-state index in [1.54, 1.807) is 12.1 Å². The third-order valence-corrected chi connectivity index (χ3v) is 5.27. The second-order valence-corrected chi connectivity index (χ2v) is 7.50. The fourth-order valence-corrected chi connectivity index (χ4v) is 3.48. The second-order valence-electron chi connectivity index (χ2n) is 6.59. The Morgan fingerprint density at radius 2 is 1.85 bits per heavy atom. The van der Waals surface area contributed by atoms with Gasteiger partial charge in [-0.15, -0.1) is 0 Å². The van der Waals surface area contributed by atoms with Gasteiger partial charge < -0.3 is 5.32 Å². The number of carbonyl (C=O) groups excluding carboxylic acids is 1. The number of nitrogens with zero attached hydrogens (tertiary/aromatic N) is 2. The summed E-state index contributed by atoms with van der Waals surface area (Å²) in [5.74, 6) is -0.615. The summed E-state index contributed by atoms with van der Waals surface area (Å²) in [7, 11) is 0. The van der Waals surface area contributed by atoms with Crippen molar-refractivity contribution in [1.29, 1.82) is 0 Å². The van der Waals surface area contributed by atoms with Gasteiger partial charge >= 0.3 is 0 Å². The summed E-state index contributed by atoms with van der Waals surface area (Å²) in [5, 5.41) is 2.70. The largest absolute Gasteiger partial charge is 0.322 e. The summed E-state index contributed by atoms with van der Waals surface area (Å²) in [5.41, 5.74) is 1.52. The summed E-state index contributed by atoms with van der Waals surface area (Å²) in [6.45, 7) is 6.28. The van der Waals surface area contributed by atoms with Gasteiger partial charge in [-0.2, -0.15) is 0 Å². The highest BCUT2D eigenvalue weighted by Crippen LogP contribution is 2.20. The van der Waals surface area contributed by atoms with Crippen molar-refractivity contribution in [2.24, 2.45) is 0 Å². The van der Waals surface area contributed by atoms with Crippen molar-refractivity contribution in [2.45, 2.75) is 19.5 Å². The molecule has 1 aliphatic heterocycles. The van der Waals surface area contributed by atoms with Crippen molar-refractivity contribution in [3.8, 4) is 0 Å². The molecule has 3 rings (SSSR count). The molecule has 0 unspecified atom stereocenters.